The largest absolute Gasteiger partial charge is 0.447 e. The van der Waals surface area contributed by atoms with Crippen molar-refractivity contribution in [1.29, 1.82) is 0 Å². The van der Waals surface area contributed by atoms with E-state index in [-0.39, 0.29) is 36.4 Å². The highest BCUT2D eigenvalue weighted by molar-refractivity contribution is 5.91. The number of para-hydroxylation sites is 1. The second-order valence-electron chi connectivity index (χ2n) is 6.05. The lowest BCUT2D eigenvalue weighted by Gasteiger charge is -2.32. The third kappa shape index (κ3) is 2.54. The van der Waals surface area contributed by atoms with Crippen LogP contribution in [-0.2, 0) is 16.1 Å². The molecule has 5 nitrogen and oxygen atoms in total. The van der Waals surface area contributed by atoms with Crippen LogP contribution in [0.1, 0.15) is 24.8 Å². The molecule has 1 aromatic carbocycles. The van der Waals surface area contributed by atoms with Gasteiger partial charge in [0.15, 0.2) is 0 Å². The molecule has 22 heavy (non-hydrogen) atoms. The first-order chi connectivity index (χ1) is 10.2. The fraction of sp³-hybridized carbons (Fsp3) is 0.500. The van der Waals surface area contributed by atoms with Crippen LogP contribution in [0.4, 0.5) is 10.5 Å². The van der Waals surface area contributed by atoms with Gasteiger partial charge in [0, 0.05) is 19.0 Å². The number of cyclic esters (lactones) is 1. The predicted octanol–water partition coefficient (Wildman–Crippen LogP) is 2.58. The van der Waals surface area contributed by atoms with Crippen LogP contribution in [0.25, 0.3) is 0 Å². The maximum atomic E-state index is 12.4. The second kappa shape index (κ2) is 5.80. The fourth-order valence-electron chi connectivity index (χ4n) is 3.21. The van der Waals surface area contributed by atoms with Gasteiger partial charge in [0.1, 0.15) is 6.61 Å². The maximum Gasteiger partial charge on any atom is 0.414 e. The average Bonchev–Trinajstić information content (AvgIpc) is 3.25. The van der Waals surface area contributed by atoms with Crippen LogP contribution in [0.2, 0.25) is 0 Å². The highest BCUT2D eigenvalue weighted by Gasteiger charge is 2.39. The lowest BCUT2D eigenvalue weighted by atomic mass is 10.0. The molecule has 2 amide bonds. The van der Waals surface area contributed by atoms with E-state index >= 15 is 0 Å². The molecular weight excluding hydrogens is 304 g/mol. The van der Waals surface area contributed by atoms with E-state index in [1.165, 1.54) is 0 Å². The highest BCUT2D eigenvalue weighted by atomic mass is 35.5. The van der Waals surface area contributed by atoms with Crippen molar-refractivity contribution in [1.82, 2.24) is 4.90 Å². The van der Waals surface area contributed by atoms with Gasteiger partial charge >= 0.3 is 6.09 Å². The number of hydrogen-bond acceptors (Lipinski definition) is 3. The Hall–Kier alpha value is -1.75. The van der Waals surface area contributed by atoms with Crippen LogP contribution in [0.15, 0.2) is 24.3 Å². The van der Waals surface area contributed by atoms with Crippen LogP contribution >= 0.6 is 12.4 Å². The van der Waals surface area contributed by atoms with Gasteiger partial charge in [-0.05, 0) is 30.9 Å². The van der Waals surface area contributed by atoms with Crippen LogP contribution < -0.4 is 4.90 Å². The number of halogens is 1. The van der Waals surface area contributed by atoms with Crippen LogP contribution in [0.5, 0.6) is 0 Å². The number of ether oxygens (including phenoxy) is 1. The van der Waals surface area contributed by atoms with Gasteiger partial charge in [-0.15, -0.1) is 12.4 Å². The number of carbonyl (C=O) groups excluding carboxylic acids is 2. The van der Waals surface area contributed by atoms with Gasteiger partial charge in [-0.2, -0.15) is 0 Å². The normalized spacial score (nSPS) is 23.6. The first-order valence-electron chi connectivity index (χ1n) is 7.57. The maximum absolute atomic E-state index is 12.4. The van der Waals surface area contributed by atoms with Gasteiger partial charge < -0.3 is 9.64 Å². The monoisotopic (exact) mass is 322 g/mol. The van der Waals surface area contributed by atoms with E-state index in [1.54, 1.807) is 4.90 Å². The number of hydrogen-bond donors (Lipinski definition) is 0. The summed E-state index contributed by atoms with van der Waals surface area (Å²) in [7, 11) is 0. The van der Waals surface area contributed by atoms with Crippen molar-refractivity contribution in [2.75, 3.05) is 18.1 Å². The van der Waals surface area contributed by atoms with E-state index < -0.39 is 0 Å². The Bertz CT molecular complexity index is 603. The summed E-state index contributed by atoms with van der Waals surface area (Å²) in [5.41, 5.74) is 1.91. The van der Waals surface area contributed by atoms with Crippen molar-refractivity contribution in [3.63, 3.8) is 0 Å². The molecule has 0 radical (unpaired) electrons. The van der Waals surface area contributed by atoms with Gasteiger partial charge in [0.25, 0.3) is 0 Å². The molecule has 0 bridgehead atoms. The molecule has 118 valence electrons. The molecule has 1 aliphatic carbocycles. The molecule has 1 atom stereocenters. The summed E-state index contributed by atoms with van der Waals surface area (Å²) in [5.74, 6) is 0.498. The molecule has 0 unspecified atom stereocenters. The van der Waals surface area contributed by atoms with Crippen molar-refractivity contribution >= 4 is 30.1 Å². The van der Waals surface area contributed by atoms with Crippen molar-refractivity contribution in [2.24, 2.45) is 5.92 Å². The summed E-state index contributed by atoms with van der Waals surface area (Å²) in [6.45, 7) is 1.70. The Morgan fingerprint density at radius 1 is 1.18 bits per heavy atom. The molecule has 1 saturated carbocycles. The predicted molar refractivity (Wildman–Crippen MR) is 84.1 cm³/mol. The fourth-order valence-corrected chi connectivity index (χ4v) is 3.21. The zero-order valence-corrected chi connectivity index (χ0v) is 13.1. The van der Waals surface area contributed by atoms with E-state index in [0.717, 1.165) is 30.5 Å². The molecule has 0 N–H and O–H groups in total. The van der Waals surface area contributed by atoms with Gasteiger partial charge in [-0.1, -0.05) is 18.2 Å². The van der Waals surface area contributed by atoms with Crippen LogP contribution in [0.3, 0.4) is 0 Å². The Kier molecular flexibility index (Phi) is 4.00. The zero-order valence-electron chi connectivity index (χ0n) is 12.2. The Morgan fingerprint density at radius 2 is 1.95 bits per heavy atom. The number of benzene rings is 1. The molecule has 2 aliphatic heterocycles. The second-order valence-corrected chi connectivity index (χ2v) is 6.05. The topological polar surface area (TPSA) is 49.9 Å². The molecule has 6 heteroatoms. The molecule has 2 heterocycles. The lowest BCUT2D eigenvalue weighted by molar-refractivity contribution is -0.133. The third-order valence-electron chi connectivity index (χ3n) is 4.54. The summed E-state index contributed by atoms with van der Waals surface area (Å²) in [4.78, 5) is 28.1. The average molecular weight is 323 g/mol. The quantitative estimate of drug-likeness (QED) is 0.798. The van der Waals surface area contributed by atoms with Crippen molar-refractivity contribution < 1.29 is 14.3 Å². The number of anilines is 1. The van der Waals surface area contributed by atoms with E-state index in [2.05, 4.69) is 0 Å². The van der Waals surface area contributed by atoms with E-state index in [0.29, 0.717) is 19.7 Å². The number of rotatable bonds is 1. The Morgan fingerprint density at radius 3 is 2.73 bits per heavy atom. The van der Waals surface area contributed by atoms with Gasteiger partial charge in [-0.25, -0.2) is 4.79 Å². The smallest absolute Gasteiger partial charge is 0.414 e. The summed E-state index contributed by atoms with van der Waals surface area (Å²) in [5, 5.41) is 0. The van der Waals surface area contributed by atoms with E-state index in [1.807, 2.05) is 29.2 Å². The third-order valence-corrected chi connectivity index (χ3v) is 4.54. The molecule has 0 aromatic heterocycles. The Balaban J connectivity index is 0.00000144. The van der Waals surface area contributed by atoms with Gasteiger partial charge in [0.05, 0.1) is 11.7 Å². The first-order valence-corrected chi connectivity index (χ1v) is 7.57. The summed E-state index contributed by atoms with van der Waals surface area (Å²) < 4.78 is 5.21. The van der Waals surface area contributed by atoms with E-state index in [4.69, 9.17) is 4.74 Å². The Labute approximate surface area is 135 Å². The minimum atomic E-state index is -0.269. The standard InChI is InChI=1S/C16H18N2O3.ClH/c19-15(11-5-6-11)17-8-7-13-10-21-16(20)18(13)14-4-2-1-3-12(14)9-17;/h1-4,11,13H,5-10H2;1H/t13-;/m0./s1. The molecule has 3 aliphatic rings. The number of nitrogens with zero attached hydrogens (tertiary/aromatic N) is 2. The number of amides is 2. The number of fused-ring (bicyclic) bond motifs is 3. The van der Waals surface area contributed by atoms with Gasteiger partial charge in [-0.3, -0.25) is 9.69 Å². The van der Waals surface area contributed by atoms with Crippen molar-refractivity contribution in [3.05, 3.63) is 29.8 Å². The summed E-state index contributed by atoms with van der Waals surface area (Å²) in [6.07, 6.45) is 2.55. The zero-order chi connectivity index (χ0) is 14.4. The summed E-state index contributed by atoms with van der Waals surface area (Å²) >= 11 is 0. The SMILES string of the molecule is Cl.O=C(C1CC1)N1CC[C@H]2COC(=O)N2c2ccccc2C1. The summed E-state index contributed by atoms with van der Waals surface area (Å²) in [6, 6.07) is 7.86. The highest BCUT2D eigenvalue weighted by Crippen LogP contribution is 2.35. The van der Waals surface area contributed by atoms with Gasteiger partial charge in [0.2, 0.25) is 5.91 Å². The molecule has 0 spiro atoms. The lowest BCUT2D eigenvalue weighted by Crippen LogP contribution is -2.42. The molecule has 1 saturated heterocycles. The van der Waals surface area contributed by atoms with E-state index in [9.17, 15) is 9.59 Å². The minimum absolute atomic E-state index is 0. The first kappa shape index (κ1) is 15.2. The van der Waals surface area contributed by atoms with Crippen LogP contribution in [0, 0.1) is 5.92 Å². The molecule has 4 rings (SSSR count). The van der Waals surface area contributed by atoms with Crippen LogP contribution in [-0.4, -0.2) is 36.1 Å². The van der Waals surface area contributed by atoms with Crippen molar-refractivity contribution in [2.45, 2.75) is 31.8 Å². The van der Waals surface area contributed by atoms with Crippen molar-refractivity contribution in [3.8, 4) is 0 Å². The number of carbonyl (C=O) groups is 2. The molecular formula is C16H19ClN2O3. The minimum Gasteiger partial charge on any atom is -0.447 e. The molecule has 1 aromatic rings. The molecule has 2 fully saturated rings.